The van der Waals surface area contributed by atoms with E-state index in [1.54, 1.807) is 6.07 Å². The molecule has 6 nitrogen and oxygen atoms in total. The summed E-state index contributed by atoms with van der Waals surface area (Å²) >= 11 is 0. The summed E-state index contributed by atoms with van der Waals surface area (Å²) in [4.78, 5) is 22.0. The lowest BCUT2D eigenvalue weighted by Crippen LogP contribution is -2.44. The minimum absolute atomic E-state index is 0.0372. The van der Waals surface area contributed by atoms with Gasteiger partial charge in [-0.25, -0.2) is 4.79 Å². The largest absolute Gasteiger partial charge is 0.475 e. The van der Waals surface area contributed by atoms with E-state index in [4.69, 9.17) is 9.52 Å². The van der Waals surface area contributed by atoms with Gasteiger partial charge in [0.25, 0.3) is 0 Å². The van der Waals surface area contributed by atoms with E-state index in [0.717, 1.165) is 13.1 Å². The van der Waals surface area contributed by atoms with Crippen molar-refractivity contribution < 1.29 is 19.1 Å². The Bertz CT molecular complexity index is 423. The number of amides is 1. The number of hydrogen-bond acceptors (Lipinski definition) is 4. The molecule has 0 atom stereocenters. The number of aromatic carboxylic acids is 1. The Balaban J connectivity index is 1.76. The zero-order valence-electron chi connectivity index (χ0n) is 9.23. The summed E-state index contributed by atoms with van der Waals surface area (Å²) in [6, 6.07) is 2.92. The molecular formula is C11H14N2O4. The number of hydrogen-bond donors (Lipinski definition) is 3. The standard InChI is InChI=1S/C11H14N2O4/c14-10(3-7-4-12-5-7)13-6-8-1-2-9(17-8)11(15)16/h1-2,7,12H,3-6H2,(H,13,14)(H,15,16). The van der Waals surface area contributed by atoms with Crippen LogP contribution in [0.1, 0.15) is 22.7 Å². The highest BCUT2D eigenvalue weighted by atomic mass is 16.4. The molecule has 2 rings (SSSR count). The van der Waals surface area contributed by atoms with Crippen LogP contribution in [0.3, 0.4) is 0 Å². The smallest absolute Gasteiger partial charge is 0.371 e. The van der Waals surface area contributed by atoms with Crippen molar-refractivity contribution in [3.8, 4) is 0 Å². The van der Waals surface area contributed by atoms with Gasteiger partial charge in [-0.05, 0) is 31.1 Å². The Labute approximate surface area is 98.0 Å². The molecule has 0 bridgehead atoms. The topological polar surface area (TPSA) is 91.6 Å². The Morgan fingerprint density at radius 3 is 2.76 bits per heavy atom. The molecule has 0 aliphatic carbocycles. The quantitative estimate of drug-likeness (QED) is 0.681. The monoisotopic (exact) mass is 238 g/mol. The third-order valence-corrected chi connectivity index (χ3v) is 2.67. The number of nitrogens with one attached hydrogen (secondary N) is 2. The zero-order chi connectivity index (χ0) is 12.3. The molecule has 3 N–H and O–H groups in total. The van der Waals surface area contributed by atoms with Crippen LogP contribution in [-0.2, 0) is 11.3 Å². The number of carboxylic acids is 1. The van der Waals surface area contributed by atoms with Crippen molar-refractivity contribution in [1.29, 1.82) is 0 Å². The summed E-state index contributed by atoms with van der Waals surface area (Å²) in [5.41, 5.74) is 0. The third kappa shape index (κ3) is 3.07. The molecule has 1 aromatic heterocycles. The summed E-state index contributed by atoms with van der Waals surface area (Å²) in [5.74, 6) is -0.394. The van der Waals surface area contributed by atoms with Gasteiger partial charge >= 0.3 is 5.97 Å². The average molecular weight is 238 g/mol. The van der Waals surface area contributed by atoms with Gasteiger partial charge in [0.05, 0.1) is 6.54 Å². The minimum Gasteiger partial charge on any atom is -0.475 e. The number of carbonyl (C=O) groups is 2. The molecule has 92 valence electrons. The van der Waals surface area contributed by atoms with Gasteiger partial charge < -0.3 is 20.2 Å². The Hall–Kier alpha value is -1.82. The van der Waals surface area contributed by atoms with Crippen molar-refractivity contribution in [3.05, 3.63) is 23.7 Å². The predicted octanol–water partition coefficient (Wildman–Crippen LogP) is 0.203. The van der Waals surface area contributed by atoms with Crippen LogP contribution in [-0.4, -0.2) is 30.1 Å². The molecule has 0 aromatic carbocycles. The fourth-order valence-corrected chi connectivity index (χ4v) is 1.60. The summed E-state index contributed by atoms with van der Waals surface area (Å²) in [5, 5.41) is 14.4. The number of furan rings is 1. The van der Waals surface area contributed by atoms with Crippen LogP contribution in [0.25, 0.3) is 0 Å². The molecular weight excluding hydrogens is 224 g/mol. The fraction of sp³-hybridized carbons (Fsp3) is 0.455. The number of carboxylic acid groups (broad SMARTS) is 1. The lowest BCUT2D eigenvalue weighted by atomic mass is 9.99. The van der Waals surface area contributed by atoms with Crippen LogP contribution in [0.5, 0.6) is 0 Å². The lowest BCUT2D eigenvalue weighted by molar-refractivity contribution is -0.122. The van der Waals surface area contributed by atoms with Crippen LogP contribution in [0.4, 0.5) is 0 Å². The predicted molar refractivity (Wildman–Crippen MR) is 58.5 cm³/mol. The van der Waals surface area contributed by atoms with Gasteiger partial charge in [0.15, 0.2) is 0 Å². The molecule has 6 heteroatoms. The van der Waals surface area contributed by atoms with E-state index in [-0.39, 0.29) is 18.2 Å². The van der Waals surface area contributed by atoms with Gasteiger partial charge in [-0.2, -0.15) is 0 Å². The molecule has 1 amide bonds. The first-order valence-electron chi connectivity index (χ1n) is 5.44. The van der Waals surface area contributed by atoms with Crippen molar-refractivity contribution in [2.45, 2.75) is 13.0 Å². The van der Waals surface area contributed by atoms with Crippen LogP contribution < -0.4 is 10.6 Å². The Kier molecular flexibility index (Phi) is 3.43. The molecule has 1 saturated heterocycles. The van der Waals surface area contributed by atoms with Crippen LogP contribution >= 0.6 is 0 Å². The molecule has 1 aliphatic heterocycles. The molecule has 1 aromatic rings. The van der Waals surface area contributed by atoms with Crippen molar-refractivity contribution in [1.82, 2.24) is 10.6 Å². The Morgan fingerprint density at radius 1 is 1.47 bits per heavy atom. The molecule has 0 unspecified atom stereocenters. The Morgan fingerprint density at radius 2 is 2.24 bits per heavy atom. The fourth-order valence-electron chi connectivity index (χ4n) is 1.60. The minimum atomic E-state index is -1.11. The summed E-state index contributed by atoms with van der Waals surface area (Å²) in [6.45, 7) is 2.00. The maximum absolute atomic E-state index is 11.5. The normalized spacial score (nSPS) is 15.3. The van der Waals surface area contributed by atoms with E-state index in [0.29, 0.717) is 18.1 Å². The third-order valence-electron chi connectivity index (χ3n) is 2.67. The first-order valence-corrected chi connectivity index (χ1v) is 5.44. The van der Waals surface area contributed by atoms with Gasteiger partial charge in [-0.15, -0.1) is 0 Å². The molecule has 17 heavy (non-hydrogen) atoms. The lowest BCUT2D eigenvalue weighted by Gasteiger charge is -2.26. The maximum Gasteiger partial charge on any atom is 0.371 e. The van der Waals surface area contributed by atoms with Crippen molar-refractivity contribution in [2.24, 2.45) is 5.92 Å². The van der Waals surface area contributed by atoms with Gasteiger partial charge in [0.2, 0.25) is 11.7 Å². The first-order chi connectivity index (χ1) is 8.15. The summed E-state index contributed by atoms with van der Waals surface area (Å²) in [6.07, 6.45) is 0.500. The van der Waals surface area contributed by atoms with Gasteiger partial charge in [0.1, 0.15) is 5.76 Å². The molecule has 0 radical (unpaired) electrons. The van der Waals surface area contributed by atoms with Gasteiger partial charge in [-0.1, -0.05) is 0 Å². The summed E-state index contributed by atoms with van der Waals surface area (Å²) < 4.78 is 5.01. The van der Waals surface area contributed by atoms with E-state index < -0.39 is 5.97 Å². The highest BCUT2D eigenvalue weighted by Crippen LogP contribution is 2.09. The SMILES string of the molecule is O=C(CC1CNC1)NCc1ccc(C(=O)O)o1. The first kappa shape index (κ1) is 11.7. The van der Waals surface area contributed by atoms with Gasteiger partial charge in [0, 0.05) is 6.42 Å². The second kappa shape index (κ2) is 5.01. The molecule has 0 spiro atoms. The van der Waals surface area contributed by atoms with E-state index in [2.05, 4.69) is 10.6 Å². The van der Waals surface area contributed by atoms with Crippen LogP contribution in [0.15, 0.2) is 16.5 Å². The van der Waals surface area contributed by atoms with E-state index in [9.17, 15) is 9.59 Å². The second-order valence-electron chi connectivity index (χ2n) is 4.08. The van der Waals surface area contributed by atoms with Gasteiger partial charge in [-0.3, -0.25) is 4.79 Å². The molecule has 1 fully saturated rings. The van der Waals surface area contributed by atoms with Crippen LogP contribution in [0, 0.1) is 5.92 Å². The number of carbonyl (C=O) groups excluding carboxylic acids is 1. The average Bonchev–Trinajstić information content (AvgIpc) is 2.69. The van der Waals surface area contributed by atoms with Crippen LogP contribution in [0.2, 0.25) is 0 Å². The number of rotatable bonds is 5. The zero-order valence-corrected chi connectivity index (χ0v) is 9.23. The molecule has 2 heterocycles. The van der Waals surface area contributed by atoms with Crippen molar-refractivity contribution >= 4 is 11.9 Å². The molecule has 0 saturated carbocycles. The maximum atomic E-state index is 11.5. The summed E-state index contributed by atoms with van der Waals surface area (Å²) in [7, 11) is 0. The van der Waals surface area contributed by atoms with Crippen molar-refractivity contribution in [2.75, 3.05) is 13.1 Å². The molecule has 1 aliphatic rings. The van der Waals surface area contributed by atoms with Crippen molar-refractivity contribution in [3.63, 3.8) is 0 Å². The highest BCUT2D eigenvalue weighted by Gasteiger charge is 2.20. The van der Waals surface area contributed by atoms with E-state index >= 15 is 0 Å². The second-order valence-corrected chi connectivity index (χ2v) is 4.08. The van der Waals surface area contributed by atoms with E-state index in [1.165, 1.54) is 6.07 Å². The highest BCUT2D eigenvalue weighted by molar-refractivity contribution is 5.84. The van der Waals surface area contributed by atoms with E-state index in [1.807, 2.05) is 0 Å².